The van der Waals surface area contributed by atoms with Crippen molar-refractivity contribution in [3.8, 4) is 11.5 Å². The van der Waals surface area contributed by atoms with Crippen molar-refractivity contribution < 1.29 is 19.1 Å². The molecule has 3 aromatic carbocycles. The fourth-order valence-corrected chi connectivity index (χ4v) is 3.46. The third-order valence-corrected chi connectivity index (χ3v) is 5.26. The van der Waals surface area contributed by atoms with Gasteiger partial charge in [0, 0.05) is 11.1 Å². The second-order valence-corrected chi connectivity index (χ2v) is 7.64. The van der Waals surface area contributed by atoms with Gasteiger partial charge in [-0.15, -0.1) is 0 Å². The first-order valence-corrected chi connectivity index (χ1v) is 10.5. The first-order valence-electron chi connectivity index (χ1n) is 9.76. The fourth-order valence-electron chi connectivity index (χ4n) is 2.96. The van der Waals surface area contributed by atoms with E-state index < -0.39 is 11.8 Å². The van der Waals surface area contributed by atoms with Gasteiger partial charge in [-0.2, -0.15) is 5.10 Å². The Labute approximate surface area is 199 Å². The number of nitrogens with zero attached hydrogens (tertiary/aromatic N) is 1. The summed E-state index contributed by atoms with van der Waals surface area (Å²) >= 11 is 12.2. The van der Waals surface area contributed by atoms with Crippen LogP contribution in [0.5, 0.6) is 11.5 Å². The Balaban J connectivity index is 1.58. The van der Waals surface area contributed by atoms with Crippen LogP contribution >= 0.6 is 23.2 Å². The highest BCUT2D eigenvalue weighted by Crippen LogP contribution is 2.33. The Kier molecular flexibility index (Phi) is 6.92. The number of halogens is 2. The lowest BCUT2D eigenvalue weighted by molar-refractivity contribution is -0.117. The summed E-state index contributed by atoms with van der Waals surface area (Å²) in [6.45, 7) is 0.125. The lowest BCUT2D eigenvalue weighted by Gasteiger charge is -2.09. The van der Waals surface area contributed by atoms with E-state index in [9.17, 15) is 9.59 Å². The van der Waals surface area contributed by atoms with Gasteiger partial charge in [-0.3, -0.25) is 9.59 Å². The zero-order chi connectivity index (χ0) is 23.2. The molecule has 0 saturated heterocycles. The zero-order valence-corrected chi connectivity index (χ0v) is 18.6. The van der Waals surface area contributed by atoms with Crippen LogP contribution in [0, 0.1) is 0 Å². The molecule has 166 valence electrons. The van der Waals surface area contributed by atoms with E-state index in [1.54, 1.807) is 66.7 Å². The quantitative estimate of drug-likeness (QED) is 0.304. The minimum Gasteiger partial charge on any atom is -0.454 e. The number of hydrogen-bond acceptors (Lipinski definition) is 5. The van der Waals surface area contributed by atoms with E-state index in [0.717, 1.165) is 0 Å². The van der Waals surface area contributed by atoms with Crippen molar-refractivity contribution in [3.05, 3.63) is 99.2 Å². The van der Waals surface area contributed by atoms with Crippen LogP contribution < -0.4 is 20.2 Å². The van der Waals surface area contributed by atoms with Gasteiger partial charge in [-0.1, -0.05) is 53.5 Å². The van der Waals surface area contributed by atoms with Gasteiger partial charge in [0.2, 0.25) is 6.79 Å². The van der Waals surface area contributed by atoms with Crippen LogP contribution in [0.15, 0.2) is 77.5 Å². The summed E-state index contributed by atoms with van der Waals surface area (Å²) < 4.78 is 10.7. The van der Waals surface area contributed by atoms with Crippen molar-refractivity contribution in [2.75, 3.05) is 6.79 Å². The van der Waals surface area contributed by atoms with Crippen LogP contribution in [0.4, 0.5) is 0 Å². The van der Waals surface area contributed by atoms with Crippen LogP contribution in [0.1, 0.15) is 21.5 Å². The maximum Gasteiger partial charge on any atom is 0.287 e. The van der Waals surface area contributed by atoms with E-state index in [0.29, 0.717) is 38.2 Å². The third kappa shape index (κ3) is 5.52. The number of rotatable bonds is 6. The second-order valence-electron chi connectivity index (χ2n) is 6.83. The molecular weight excluding hydrogens is 465 g/mol. The number of hydrazone groups is 1. The van der Waals surface area contributed by atoms with Gasteiger partial charge in [0.1, 0.15) is 5.70 Å². The van der Waals surface area contributed by atoms with E-state index in [2.05, 4.69) is 15.8 Å². The Morgan fingerprint density at radius 3 is 2.39 bits per heavy atom. The van der Waals surface area contributed by atoms with Gasteiger partial charge in [-0.05, 0) is 48.0 Å². The van der Waals surface area contributed by atoms with E-state index in [-0.39, 0.29) is 12.5 Å². The molecule has 0 spiro atoms. The summed E-state index contributed by atoms with van der Waals surface area (Å²) in [6, 6.07) is 18.7. The predicted octanol–water partition coefficient (Wildman–Crippen LogP) is 4.64. The maximum atomic E-state index is 12.9. The number of ether oxygens (including phenoxy) is 2. The number of hydrogen-bond donors (Lipinski definition) is 2. The molecule has 33 heavy (non-hydrogen) atoms. The summed E-state index contributed by atoms with van der Waals surface area (Å²) in [6.07, 6.45) is 2.84. The molecule has 1 aliphatic heterocycles. The van der Waals surface area contributed by atoms with E-state index in [1.807, 2.05) is 0 Å². The Hall–Kier alpha value is -3.81. The summed E-state index contributed by atoms with van der Waals surface area (Å²) in [7, 11) is 0. The molecule has 0 bridgehead atoms. The highest BCUT2D eigenvalue weighted by Gasteiger charge is 2.17. The number of fused-ring (bicyclic) bond motifs is 1. The molecule has 0 unspecified atom stereocenters. The molecule has 1 aliphatic rings. The summed E-state index contributed by atoms with van der Waals surface area (Å²) in [5, 5.41) is 7.33. The average molecular weight is 482 g/mol. The van der Waals surface area contributed by atoms with Crippen LogP contribution in [0.3, 0.4) is 0 Å². The van der Waals surface area contributed by atoms with Gasteiger partial charge >= 0.3 is 0 Å². The van der Waals surface area contributed by atoms with Crippen LogP contribution in [-0.2, 0) is 4.79 Å². The maximum absolute atomic E-state index is 12.9. The first kappa shape index (κ1) is 22.4. The summed E-state index contributed by atoms with van der Waals surface area (Å²) in [4.78, 5) is 25.6. The Morgan fingerprint density at radius 2 is 1.64 bits per heavy atom. The largest absolute Gasteiger partial charge is 0.454 e. The highest BCUT2D eigenvalue weighted by atomic mass is 35.5. The van der Waals surface area contributed by atoms with Gasteiger partial charge in [0.15, 0.2) is 11.5 Å². The van der Waals surface area contributed by atoms with Gasteiger partial charge in [-0.25, -0.2) is 5.43 Å². The standard InChI is InChI=1S/C24H17Cl2N3O4/c25-18-7-4-8-19(26)17(18)13-27-29-24(31)20(28-23(30)16-5-2-1-3-6-16)11-15-9-10-21-22(12-15)33-14-32-21/h1-13H,14H2,(H,28,30)(H,29,31)/b20-11+,27-13-. The van der Waals surface area contributed by atoms with Crippen molar-refractivity contribution in [3.63, 3.8) is 0 Å². The predicted molar refractivity (Wildman–Crippen MR) is 127 cm³/mol. The molecule has 2 amide bonds. The fraction of sp³-hybridized carbons (Fsp3) is 0.0417. The number of carbonyl (C=O) groups is 2. The molecule has 0 saturated carbocycles. The van der Waals surface area contributed by atoms with E-state index in [1.165, 1.54) is 12.3 Å². The first-order chi connectivity index (χ1) is 16.0. The SMILES string of the molecule is O=C(N/N=C\c1c(Cl)cccc1Cl)/C(=C\c1ccc2c(c1)OCO2)NC(=O)c1ccccc1. The van der Waals surface area contributed by atoms with Crippen LogP contribution in [0.2, 0.25) is 10.0 Å². The number of amides is 2. The normalized spacial score (nSPS) is 12.6. The number of benzene rings is 3. The van der Waals surface area contributed by atoms with Crippen molar-refractivity contribution in [2.24, 2.45) is 5.10 Å². The van der Waals surface area contributed by atoms with Crippen molar-refractivity contribution >= 4 is 47.3 Å². The molecule has 0 atom stereocenters. The molecule has 0 fully saturated rings. The molecule has 7 nitrogen and oxygen atoms in total. The minimum absolute atomic E-state index is 0.0230. The molecule has 0 radical (unpaired) electrons. The topological polar surface area (TPSA) is 89.0 Å². The molecular formula is C24H17Cl2N3O4. The molecule has 0 aliphatic carbocycles. The molecule has 9 heteroatoms. The second kappa shape index (κ2) is 10.2. The molecule has 0 aromatic heterocycles. The third-order valence-electron chi connectivity index (χ3n) is 4.60. The Bertz CT molecular complexity index is 1240. The summed E-state index contributed by atoms with van der Waals surface area (Å²) in [5.74, 6) is 0.0595. The zero-order valence-electron chi connectivity index (χ0n) is 17.0. The highest BCUT2D eigenvalue weighted by molar-refractivity contribution is 6.38. The van der Waals surface area contributed by atoms with Gasteiger partial charge in [0.05, 0.1) is 16.3 Å². The number of nitrogens with one attached hydrogen (secondary N) is 2. The van der Waals surface area contributed by atoms with E-state index >= 15 is 0 Å². The average Bonchev–Trinajstić information content (AvgIpc) is 3.29. The lowest BCUT2D eigenvalue weighted by Crippen LogP contribution is -2.32. The van der Waals surface area contributed by atoms with Crippen LogP contribution in [-0.4, -0.2) is 24.8 Å². The monoisotopic (exact) mass is 481 g/mol. The van der Waals surface area contributed by atoms with Crippen molar-refractivity contribution in [2.45, 2.75) is 0 Å². The van der Waals surface area contributed by atoms with E-state index in [4.69, 9.17) is 32.7 Å². The smallest absolute Gasteiger partial charge is 0.287 e. The van der Waals surface area contributed by atoms with Crippen LogP contribution in [0.25, 0.3) is 6.08 Å². The molecule has 2 N–H and O–H groups in total. The summed E-state index contributed by atoms with van der Waals surface area (Å²) in [5.41, 5.74) is 3.84. The lowest BCUT2D eigenvalue weighted by atomic mass is 10.1. The molecule has 3 aromatic rings. The molecule has 4 rings (SSSR count). The van der Waals surface area contributed by atoms with Gasteiger partial charge in [0.25, 0.3) is 11.8 Å². The van der Waals surface area contributed by atoms with Crippen molar-refractivity contribution in [1.29, 1.82) is 0 Å². The number of carbonyl (C=O) groups excluding carboxylic acids is 2. The van der Waals surface area contributed by atoms with Crippen molar-refractivity contribution in [1.82, 2.24) is 10.7 Å². The van der Waals surface area contributed by atoms with Gasteiger partial charge < -0.3 is 14.8 Å². The Morgan fingerprint density at radius 1 is 0.909 bits per heavy atom. The minimum atomic E-state index is -0.642. The molecule has 1 heterocycles.